The van der Waals surface area contributed by atoms with Gasteiger partial charge in [-0.05, 0) is 48.0 Å². The van der Waals surface area contributed by atoms with E-state index < -0.39 is 0 Å². The van der Waals surface area contributed by atoms with Crippen molar-refractivity contribution in [1.82, 2.24) is 10.2 Å². The Labute approximate surface area is 85.1 Å². The van der Waals surface area contributed by atoms with Crippen LogP contribution in [0.15, 0.2) is 12.4 Å². The third-order valence-electron chi connectivity index (χ3n) is 4.81. The summed E-state index contributed by atoms with van der Waals surface area (Å²) in [6, 6.07) is 0. The molecule has 1 aromatic rings. The van der Waals surface area contributed by atoms with E-state index in [4.69, 9.17) is 0 Å². The number of aromatic amines is 1. The zero-order valence-corrected chi connectivity index (χ0v) is 8.96. The van der Waals surface area contributed by atoms with Gasteiger partial charge < -0.3 is 0 Å². The Kier molecular flexibility index (Phi) is 1.59. The topological polar surface area (TPSA) is 28.7 Å². The maximum Gasteiger partial charge on any atom is 0.0522 e. The monoisotopic (exact) mass is 190 g/mol. The van der Waals surface area contributed by atoms with Gasteiger partial charge in [0.2, 0.25) is 0 Å². The first kappa shape index (κ1) is 8.51. The fraction of sp³-hybridized carbons (Fsp3) is 0.750. The van der Waals surface area contributed by atoms with Crippen LogP contribution in [0.5, 0.6) is 0 Å². The summed E-state index contributed by atoms with van der Waals surface area (Å²) in [5.74, 6) is 2.67. The number of nitrogens with one attached hydrogen (secondary N) is 1. The minimum atomic E-state index is 0.584. The molecule has 0 radical (unpaired) electrons. The molecule has 4 rings (SSSR count). The molecule has 0 saturated heterocycles. The minimum Gasteiger partial charge on any atom is -0.285 e. The Morgan fingerprint density at radius 2 is 2.29 bits per heavy atom. The molecule has 3 fully saturated rings. The van der Waals surface area contributed by atoms with Crippen LogP contribution in [-0.2, 0) is 0 Å². The summed E-state index contributed by atoms with van der Waals surface area (Å²) in [4.78, 5) is 0. The average Bonchev–Trinajstić information content (AvgIpc) is 2.70. The molecule has 3 aliphatic rings. The maximum atomic E-state index is 4.07. The van der Waals surface area contributed by atoms with Crippen LogP contribution in [-0.4, -0.2) is 10.2 Å². The Balaban J connectivity index is 1.89. The molecule has 2 nitrogen and oxygen atoms in total. The van der Waals surface area contributed by atoms with Gasteiger partial charge in [-0.2, -0.15) is 5.10 Å². The summed E-state index contributed by atoms with van der Waals surface area (Å²) in [5, 5.41) is 7.01. The SMILES string of the molecule is CC1(C)C2CCC(c3cn[nH]c3)C1C2. The fourth-order valence-electron chi connectivity index (χ4n) is 3.67. The van der Waals surface area contributed by atoms with Gasteiger partial charge in [-0.25, -0.2) is 0 Å². The Bertz CT molecular complexity index is 324. The molecule has 3 unspecified atom stereocenters. The number of nitrogens with zero attached hydrogens (tertiary/aromatic N) is 1. The van der Waals surface area contributed by atoms with Crippen molar-refractivity contribution in [2.45, 2.75) is 39.0 Å². The van der Waals surface area contributed by atoms with Crippen LogP contribution >= 0.6 is 0 Å². The molecule has 3 saturated carbocycles. The van der Waals surface area contributed by atoms with Crippen LogP contribution in [0.4, 0.5) is 0 Å². The summed E-state index contributed by atoms with van der Waals surface area (Å²) >= 11 is 0. The second-order valence-electron chi connectivity index (χ2n) is 5.58. The number of hydrogen-bond donors (Lipinski definition) is 1. The molecule has 0 aromatic carbocycles. The highest BCUT2D eigenvalue weighted by atomic mass is 15.1. The van der Waals surface area contributed by atoms with Crippen LogP contribution in [0.3, 0.4) is 0 Å². The fourth-order valence-corrected chi connectivity index (χ4v) is 3.67. The Morgan fingerprint density at radius 3 is 2.86 bits per heavy atom. The first-order valence-electron chi connectivity index (χ1n) is 5.68. The molecule has 3 atom stereocenters. The smallest absolute Gasteiger partial charge is 0.0522 e. The second-order valence-corrected chi connectivity index (χ2v) is 5.58. The lowest BCUT2D eigenvalue weighted by atomic mass is 9.45. The highest BCUT2D eigenvalue weighted by Gasteiger charge is 2.54. The summed E-state index contributed by atoms with van der Waals surface area (Å²) in [6.07, 6.45) is 8.33. The van der Waals surface area contributed by atoms with Crippen LogP contribution < -0.4 is 0 Å². The summed E-state index contributed by atoms with van der Waals surface area (Å²) in [5.41, 5.74) is 2.02. The standard InChI is InChI=1S/C12H18N2/c1-12(2)9-3-4-10(11(12)5-9)8-6-13-14-7-8/h6-7,9-11H,3-5H2,1-2H3,(H,13,14). The van der Waals surface area contributed by atoms with Crippen LogP contribution in [0.1, 0.15) is 44.6 Å². The van der Waals surface area contributed by atoms with Crippen molar-refractivity contribution in [2.75, 3.05) is 0 Å². The van der Waals surface area contributed by atoms with Gasteiger partial charge in [0, 0.05) is 6.20 Å². The molecule has 1 aromatic heterocycles. The van der Waals surface area contributed by atoms with Gasteiger partial charge in [0.25, 0.3) is 0 Å². The van der Waals surface area contributed by atoms with E-state index >= 15 is 0 Å². The lowest BCUT2D eigenvalue weighted by Crippen LogP contribution is -2.51. The minimum absolute atomic E-state index is 0.584. The molecule has 2 bridgehead atoms. The maximum absolute atomic E-state index is 4.07. The van der Waals surface area contributed by atoms with Gasteiger partial charge in [0.05, 0.1) is 6.20 Å². The molecule has 0 aliphatic heterocycles. The van der Waals surface area contributed by atoms with Crippen molar-refractivity contribution in [3.8, 4) is 0 Å². The number of aromatic nitrogens is 2. The average molecular weight is 190 g/mol. The molecule has 1 heterocycles. The Hall–Kier alpha value is -0.790. The third kappa shape index (κ3) is 0.943. The lowest BCUT2D eigenvalue weighted by Gasteiger charge is -2.60. The predicted octanol–water partition coefficient (Wildman–Crippen LogP) is 2.95. The van der Waals surface area contributed by atoms with Crippen molar-refractivity contribution in [1.29, 1.82) is 0 Å². The quantitative estimate of drug-likeness (QED) is 0.724. The van der Waals surface area contributed by atoms with Crippen molar-refractivity contribution in [3.63, 3.8) is 0 Å². The van der Waals surface area contributed by atoms with E-state index in [9.17, 15) is 0 Å². The summed E-state index contributed by atoms with van der Waals surface area (Å²) < 4.78 is 0. The van der Waals surface area contributed by atoms with Gasteiger partial charge in [-0.15, -0.1) is 0 Å². The number of hydrogen-bond acceptors (Lipinski definition) is 1. The van der Waals surface area contributed by atoms with Crippen molar-refractivity contribution < 1.29 is 0 Å². The molecule has 3 aliphatic carbocycles. The van der Waals surface area contributed by atoms with Crippen LogP contribution in [0, 0.1) is 17.3 Å². The normalized spacial score (nSPS) is 39.1. The molecule has 1 N–H and O–H groups in total. The zero-order valence-electron chi connectivity index (χ0n) is 8.96. The van der Waals surface area contributed by atoms with Gasteiger partial charge >= 0.3 is 0 Å². The molecule has 2 heteroatoms. The van der Waals surface area contributed by atoms with E-state index in [1.54, 1.807) is 0 Å². The largest absolute Gasteiger partial charge is 0.285 e. The van der Waals surface area contributed by atoms with Gasteiger partial charge in [0.15, 0.2) is 0 Å². The zero-order chi connectivity index (χ0) is 9.76. The van der Waals surface area contributed by atoms with Crippen LogP contribution in [0.2, 0.25) is 0 Å². The lowest BCUT2D eigenvalue weighted by molar-refractivity contribution is -0.0805. The molecule has 0 spiro atoms. The highest BCUT2D eigenvalue weighted by molar-refractivity contribution is 5.19. The molecular formula is C12H18N2. The first-order chi connectivity index (χ1) is 6.69. The van der Waals surface area contributed by atoms with E-state index in [1.807, 2.05) is 6.20 Å². The number of H-pyrrole nitrogens is 1. The van der Waals surface area contributed by atoms with Gasteiger partial charge in [-0.1, -0.05) is 13.8 Å². The highest BCUT2D eigenvalue weighted by Crippen LogP contribution is 2.63. The predicted molar refractivity (Wildman–Crippen MR) is 55.9 cm³/mol. The molecule has 0 amide bonds. The number of rotatable bonds is 1. The summed E-state index contributed by atoms with van der Waals surface area (Å²) in [6.45, 7) is 4.89. The Morgan fingerprint density at radius 1 is 1.43 bits per heavy atom. The van der Waals surface area contributed by atoms with Crippen molar-refractivity contribution in [3.05, 3.63) is 18.0 Å². The van der Waals surface area contributed by atoms with Crippen molar-refractivity contribution in [2.24, 2.45) is 17.3 Å². The third-order valence-corrected chi connectivity index (χ3v) is 4.81. The van der Waals surface area contributed by atoms with E-state index in [0.717, 1.165) is 17.8 Å². The molecular weight excluding hydrogens is 172 g/mol. The molecule has 76 valence electrons. The first-order valence-corrected chi connectivity index (χ1v) is 5.68. The van der Waals surface area contributed by atoms with E-state index in [1.165, 1.54) is 24.8 Å². The number of fused-ring (bicyclic) bond motifs is 2. The molecule has 14 heavy (non-hydrogen) atoms. The second kappa shape index (κ2) is 2.62. The van der Waals surface area contributed by atoms with E-state index in [2.05, 4.69) is 30.2 Å². The van der Waals surface area contributed by atoms with E-state index in [0.29, 0.717) is 5.41 Å². The van der Waals surface area contributed by atoms with E-state index in [-0.39, 0.29) is 0 Å². The van der Waals surface area contributed by atoms with Gasteiger partial charge in [0.1, 0.15) is 0 Å². The van der Waals surface area contributed by atoms with Crippen molar-refractivity contribution >= 4 is 0 Å². The van der Waals surface area contributed by atoms with Gasteiger partial charge in [-0.3, -0.25) is 5.10 Å². The summed E-state index contributed by atoms with van der Waals surface area (Å²) in [7, 11) is 0. The van der Waals surface area contributed by atoms with Crippen LogP contribution in [0.25, 0.3) is 0 Å².